The third kappa shape index (κ3) is 4.89. The molecule has 2 atom stereocenters. The summed E-state index contributed by atoms with van der Waals surface area (Å²) in [5.74, 6) is 0.147. The molecular weight excluding hydrogens is 486 g/mol. The average molecular weight is 524 g/mol. The van der Waals surface area contributed by atoms with Gasteiger partial charge in [-0.2, -0.15) is 4.90 Å². The maximum absolute atomic E-state index is 14.2. The van der Waals surface area contributed by atoms with Crippen molar-refractivity contribution in [2.75, 3.05) is 12.3 Å². The molecular formula is C25H37N3O7S. The topological polar surface area (TPSA) is 138 Å². The molecule has 10 nitrogen and oxygen atoms in total. The summed E-state index contributed by atoms with van der Waals surface area (Å²) in [7, 11) is -4.06. The number of amidine groups is 1. The lowest BCUT2D eigenvalue weighted by Crippen LogP contribution is -2.64. The smallest absolute Gasteiger partial charge is 0.425 e. The number of ether oxygens (including phenoxy) is 3. The van der Waals surface area contributed by atoms with Gasteiger partial charge >= 0.3 is 12.2 Å². The number of benzene rings is 1. The van der Waals surface area contributed by atoms with Crippen LogP contribution in [0, 0.1) is 0 Å². The first-order valence-electron chi connectivity index (χ1n) is 11.8. The number of sulfone groups is 1. The zero-order valence-corrected chi connectivity index (χ0v) is 23.3. The van der Waals surface area contributed by atoms with E-state index in [0.717, 1.165) is 0 Å². The number of aliphatic imine (C=N–C) groups is 1. The Balaban J connectivity index is 2.34. The highest BCUT2D eigenvalue weighted by molar-refractivity contribution is 7.94. The van der Waals surface area contributed by atoms with E-state index in [0.29, 0.717) is 21.9 Å². The van der Waals surface area contributed by atoms with Crippen molar-refractivity contribution in [1.29, 1.82) is 0 Å². The number of anilines is 1. The largest absolute Gasteiger partial charge is 0.493 e. The zero-order chi connectivity index (χ0) is 27.5. The molecule has 11 heteroatoms. The molecule has 0 saturated heterocycles. The van der Waals surface area contributed by atoms with Crippen LogP contribution in [0.25, 0.3) is 0 Å². The van der Waals surface area contributed by atoms with Gasteiger partial charge in [-0.1, -0.05) is 0 Å². The van der Waals surface area contributed by atoms with Crippen LogP contribution in [-0.4, -0.2) is 59.1 Å². The lowest BCUT2D eigenvalue weighted by molar-refractivity contribution is 0.0138. The number of rotatable bonds is 0. The van der Waals surface area contributed by atoms with Gasteiger partial charge in [-0.25, -0.2) is 18.0 Å². The molecule has 2 aliphatic heterocycles. The SMILES string of the molecule is CC(C)(C)OC(=O)N(C(=O)OC(C)(C)C)C1=NC2(C)c3cc(N)ccc3OCCC2S(=O)(=O)C1(C)C. The molecule has 1 aromatic carbocycles. The highest BCUT2D eigenvalue weighted by Gasteiger charge is 2.61. The van der Waals surface area contributed by atoms with Gasteiger partial charge in [0.15, 0.2) is 9.84 Å². The number of hydrogen-bond donors (Lipinski definition) is 1. The van der Waals surface area contributed by atoms with Gasteiger partial charge in [-0.05, 0) is 80.5 Å². The van der Waals surface area contributed by atoms with E-state index in [9.17, 15) is 18.0 Å². The Morgan fingerprint density at radius 3 is 2.08 bits per heavy atom. The van der Waals surface area contributed by atoms with Gasteiger partial charge in [0.1, 0.15) is 33.1 Å². The Hall–Kier alpha value is -2.82. The predicted octanol–water partition coefficient (Wildman–Crippen LogP) is 4.41. The number of carbonyl (C=O) groups excluding carboxylic acids is 2. The minimum Gasteiger partial charge on any atom is -0.493 e. The minimum atomic E-state index is -4.06. The van der Waals surface area contributed by atoms with Crippen molar-refractivity contribution in [2.24, 2.45) is 4.99 Å². The Morgan fingerprint density at radius 2 is 1.58 bits per heavy atom. The monoisotopic (exact) mass is 523 g/mol. The van der Waals surface area contributed by atoms with E-state index >= 15 is 0 Å². The Kier molecular flexibility index (Phi) is 6.66. The Morgan fingerprint density at radius 1 is 1.06 bits per heavy atom. The van der Waals surface area contributed by atoms with E-state index in [-0.39, 0.29) is 18.9 Å². The third-order valence-corrected chi connectivity index (χ3v) is 9.19. The molecule has 2 N–H and O–H groups in total. The van der Waals surface area contributed by atoms with E-state index in [1.165, 1.54) is 13.8 Å². The summed E-state index contributed by atoms with van der Waals surface area (Å²) < 4.78 is 43.4. The number of imide groups is 1. The van der Waals surface area contributed by atoms with Crippen molar-refractivity contribution in [2.45, 2.75) is 95.5 Å². The first-order valence-corrected chi connectivity index (χ1v) is 13.4. The molecule has 0 aromatic heterocycles. The fourth-order valence-corrected chi connectivity index (χ4v) is 6.70. The highest BCUT2D eigenvalue weighted by atomic mass is 32.2. The zero-order valence-electron chi connectivity index (χ0n) is 22.5. The lowest BCUT2D eigenvalue weighted by atomic mass is 9.86. The summed E-state index contributed by atoms with van der Waals surface area (Å²) in [5, 5.41) is -0.995. The van der Waals surface area contributed by atoms with Gasteiger partial charge < -0.3 is 19.9 Å². The van der Waals surface area contributed by atoms with Crippen molar-refractivity contribution in [3.05, 3.63) is 23.8 Å². The number of hydrogen-bond acceptors (Lipinski definition) is 9. The summed E-state index contributed by atoms with van der Waals surface area (Å²) in [4.78, 5) is 32.3. The van der Waals surface area contributed by atoms with Gasteiger partial charge in [0.25, 0.3) is 0 Å². The first kappa shape index (κ1) is 27.8. The molecule has 1 aromatic rings. The number of nitrogen functional groups attached to an aromatic ring is 1. The minimum absolute atomic E-state index is 0.152. The molecule has 0 aliphatic carbocycles. The summed E-state index contributed by atoms with van der Waals surface area (Å²) >= 11 is 0. The lowest BCUT2D eigenvalue weighted by Gasteiger charge is -2.46. The van der Waals surface area contributed by atoms with Crippen molar-refractivity contribution in [3.8, 4) is 5.75 Å². The summed E-state index contributed by atoms with van der Waals surface area (Å²) in [5.41, 5.74) is 3.55. The second-order valence-electron chi connectivity index (χ2n) is 11.8. The molecule has 0 saturated carbocycles. The van der Waals surface area contributed by atoms with Gasteiger partial charge in [-0.15, -0.1) is 0 Å². The highest BCUT2D eigenvalue weighted by Crippen LogP contribution is 2.49. The number of fused-ring (bicyclic) bond motifs is 3. The second kappa shape index (κ2) is 8.64. The molecule has 0 radical (unpaired) electrons. The molecule has 3 rings (SSSR count). The predicted molar refractivity (Wildman–Crippen MR) is 137 cm³/mol. The standard InChI is InChI=1S/C25H37N3O7S/c1-22(2,3)34-20(29)28(21(30)35-23(4,5)6)19-24(7,8)36(31,32)18-12-13-33-17-11-10-15(26)14-16(17)25(18,9)27-19/h10-11,14,18H,12-13,26H2,1-9H3. The maximum Gasteiger partial charge on any atom is 0.425 e. The Labute approximate surface area is 213 Å². The molecule has 2 unspecified atom stereocenters. The quantitative estimate of drug-likeness (QED) is 0.494. The van der Waals surface area contributed by atoms with Crippen molar-refractivity contribution in [1.82, 2.24) is 4.90 Å². The maximum atomic E-state index is 14.2. The Bertz CT molecular complexity index is 1180. The van der Waals surface area contributed by atoms with Crippen LogP contribution < -0.4 is 10.5 Å². The third-order valence-electron chi connectivity index (χ3n) is 6.14. The van der Waals surface area contributed by atoms with Crippen LogP contribution >= 0.6 is 0 Å². The number of amides is 2. The normalized spacial score (nSPS) is 24.7. The van der Waals surface area contributed by atoms with E-state index < -0.39 is 48.8 Å². The van der Waals surface area contributed by atoms with Gasteiger partial charge in [0.05, 0.1) is 11.9 Å². The summed E-state index contributed by atoms with van der Waals surface area (Å²) in [6.07, 6.45) is -2.01. The van der Waals surface area contributed by atoms with Crippen molar-refractivity contribution < 1.29 is 32.2 Å². The van der Waals surface area contributed by atoms with Crippen molar-refractivity contribution in [3.63, 3.8) is 0 Å². The van der Waals surface area contributed by atoms with Gasteiger partial charge in [0, 0.05) is 17.7 Å². The van der Waals surface area contributed by atoms with E-state index in [1.807, 2.05) is 0 Å². The summed E-state index contributed by atoms with van der Waals surface area (Å²) in [6.45, 7) is 14.5. The molecule has 200 valence electrons. The number of carbonyl (C=O) groups is 2. The van der Waals surface area contributed by atoms with Crippen LogP contribution in [0.5, 0.6) is 5.75 Å². The molecule has 2 amide bonds. The van der Waals surface area contributed by atoms with Crippen molar-refractivity contribution >= 4 is 33.5 Å². The first-order chi connectivity index (χ1) is 16.2. The molecule has 0 fully saturated rings. The number of nitrogens with zero attached hydrogens (tertiary/aromatic N) is 2. The molecule has 2 heterocycles. The molecule has 0 bridgehead atoms. The van der Waals surface area contributed by atoms with Crippen LogP contribution in [0.2, 0.25) is 0 Å². The second-order valence-corrected chi connectivity index (χ2v) is 14.5. The molecule has 2 aliphatic rings. The van der Waals surface area contributed by atoms with Crippen LogP contribution in [-0.2, 0) is 24.8 Å². The van der Waals surface area contributed by atoms with E-state index in [2.05, 4.69) is 0 Å². The number of nitrogens with two attached hydrogens (primary N) is 1. The van der Waals surface area contributed by atoms with Gasteiger partial charge in [0.2, 0.25) is 0 Å². The van der Waals surface area contributed by atoms with Crippen LogP contribution in [0.3, 0.4) is 0 Å². The fraction of sp³-hybridized carbons (Fsp3) is 0.640. The van der Waals surface area contributed by atoms with Gasteiger partial charge in [-0.3, -0.25) is 4.99 Å². The molecule has 0 spiro atoms. The molecule has 36 heavy (non-hydrogen) atoms. The fourth-order valence-electron chi connectivity index (χ4n) is 4.41. The van der Waals surface area contributed by atoms with Crippen LogP contribution in [0.1, 0.15) is 74.3 Å². The average Bonchev–Trinajstić information content (AvgIpc) is 2.81. The van der Waals surface area contributed by atoms with Crippen LogP contribution in [0.4, 0.5) is 15.3 Å². The van der Waals surface area contributed by atoms with Crippen LogP contribution in [0.15, 0.2) is 23.2 Å². The van der Waals surface area contributed by atoms with E-state index in [4.69, 9.17) is 24.9 Å². The van der Waals surface area contributed by atoms with E-state index in [1.54, 1.807) is 66.7 Å². The summed E-state index contributed by atoms with van der Waals surface area (Å²) in [6, 6.07) is 4.94.